The van der Waals surface area contributed by atoms with Crippen molar-refractivity contribution in [1.29, 1.82) is 0 Å². The van der Waals surface area contributed by atoms with Gasteiger partial charge in [-0.25, -0.2) is 4.79 Å². The SMILES string of the molecule is CC(C)(C)OC(=O)N1CCC(CO)C(C(F)(F)F)C1. The molecular weight excluding hydrogens is 263 g/mol. The second-order valence-electron chi connectivity index (χ2n) is 5.81. The van der Waals surface area contributed by atoms with Crippen LogP contribution in [0.4, 0.5) is 18.0 Å². The Kier molecular flexibility index (Phi) is 4.71. The van der Waals surface area contributed by atoms with Gasteiger partial charge in [0.2, 0.25) is 0 Å². The molecule has 7 heteroatoms. The maximum Gasteiger partial charge on any atom is 0.410 e. The van der Waals surface area contributed by atoms with Crippen molar-refractivity contribution in [3.63, 3.8) is 0 Å². The number of carbonyl (C=O) groups excluding carboxylic acids is 1. The highest BCUT2D eigenvalue weighted by Crippen LogP contribution is 2.37. The van der Waals surface area contributed by atoms with Crippen LogP contribution in [0.5, 0.6) is 0 Å². The lowest BCUT2D eigenvalue weighted by molar-refractivity contribution is -0.203. The van der Waals surface area contributed by atoms with Crippen LogP contribution >= 0.6 is 0 Å². The molecule has 0 saturated carbocycles. The largest absolute Gasteiger partial charge is 0.444 e. The van der Waals surface area contributed by atoms with Gasteiger partial charge in [-0.1, -0.05) is 0 Å². The zero-order valence-corrected chi connectivity index (χ0v) is 11.3. The molecule has 1 rings (SSSR count). The molecule has 0 aromatic heterocycles. The van der Waals surface area contributed by atoms with Gasteiger partial charge < -0.3 is 14.7 Å². The summed E-state index contributed by atoms with van der Waals surface area (Å²) >= 11 is 0. The van der Waals surface area contributed by atoms with Crippen LogP contribution in [0.15, 0.2) is 0 Å². The molecule has 2 unspecified atom stereocenters. The number of piperidine rings is 1. The Labute approximate surface area is 110 Å². The smallest absolute Gasteiger partial charge is 0.410 e. The van der Waals surface area contributed by atoms with Crippen molar-refractivity contribution in [3.05, 3.63) is 0 Å². The quantitative estimate of drug-likeness (QED) is 0.804. The van der Waals surface area contributed by atoms with Gasteiger partial charge >= 0.3 is 12.3 Å². The van der Waals surface area contributed by atoms with E-state index in [0.717, 1.165) is 4.90 Å². The summed E-state index contributed by atoms with van der Waals surface area (Å²) in [5.41, 5.74) is -0.737. The Morgan fingerprint density at radius 2 is 1.95 bits per heavy atom. The number of carbonyl (C=O) groups is 1. The fraction of sp³-hybridized carbons (Fsp3) is 0.917. The van der Waals surface area contributed by atoms with Crippen LogP contribution in [0.3, 0.4) is 0 Å². The van der Waals surface area contributed by atoms with Crippen molar-refractivity contribution in [3.8, 4) is 0 Å². The Hall–Kier alpha value is -0.980. The monoisotopic (exact) mass is 283 g/mol. The zero-order chi connectivity index (χ0) is 14.8. The average Bonchev–Trinajstić information content (AvgIpc) is 2.24. The second-order valence-corrected chi connectivity index (χ2v) is 5.81. The fourth-order valence-electron chi connectivity index (χ4n) is 2.08. The molecule has 1 aliphatic rings. The van der Waals surface area contributed by atoms with E-state index in [1.807, 2.05) is 0 Å². The molecule has 0 radical (unpaired) electrons. The third kappa shape index (κ3) is 4.56. The molecule has 4 nitrogen and oxygen atoms in total. The number of aliphatic hydroxyl groups excluding tert-OH is 1. The van der Waals surface area contributed by atoms with Crippen LogP contribution in [-0.2, 0) is 4.74 Å². The number of amides is 1. The van der Waals surface area contributed by atoms with Crippen molar-refractivity contribution >= 4 is 6.09 Å². The van der Waals surface area contributed by atoms with Crippen LogP contribution in [0.2, 0.25) is 0 Å². The lowest BCUT2D eigenvalue weighted by Gasteiger charge is -2.39. The van der Waals surface area contributed by atoms with Gasteiger partial charge in [0.1, 0.15) is 5.60 Å². The fourth-order valence-corrected chi connectivity index (χ4v) is 2.08. The van der Waals surface area contributed by atoms with Gasteiger partial charge in [-0.2, -0.15) is 13.2 Å². The van der Waals surface area contributed by atoms with Crippen molar-refractivity contribution in [2.24, 2.45) is 11.8 Å². The maximum atomic E-state index is 12.9. The first-order chi connectivity index (χ1) is 8.54. The summed E-state index contributed by atoms with van der Waals surface area (Å²) in [7, 11) is 0. The number of alkyl halides is 3. The zero-order valence-electron chi connectivity index (χ0n) is 11.3. The number of hydrogen-bond donors (Lipinski definition) is 1. The third-order valence-corrected chi connectivity index (χ3v) is 3.06. The van der Waals surface area contributed by atoms with E-state index >= 15 is 0 Å². The molecule has 0 aromatic carbocycles. The number of likely N-dealkylation sites (tertiary alicyclic amines) is 1. The van der Waals surface area contributed by atoms with Crippen LogP contribution in [0, 0.1) is 11.8 Å². The lowest BCUT2D eigenvalue weighted by Crippen LogP contribution is -2.50. The molecule has 1 heterocycles. The molecule has 0 aromatic rings. The molecule has 19 heavy (non-hydrogen) atoms. The van der Waals surface area contributed by atoms with Gasteiger partial charge in [-0.15, -0.1) is 0 Å². The highest BCUT2D eigenvalue weighted by Gasteiger charge is 2.48. The summed E-state index contributed by atoms with van der Waals surface area (Å²) in [4.78, 5) is 12.8. The summed E-state index contributed by atoms with van der Waals surface area (Å²) in [5, 5.41) is 9.00. The molecule has 0 aliphatic carbocycles. The second kappa shape index (κ2) is 5.56. The van der Waals surface area contributed by atoms with E-state index in [-0.39, 0.29) is 13.0 Å². The predicted octanol–water partition coefficient (Wildman–Crippen LogP) is 2.41. The van der Waals surface area contributed by atoms with Gasteiger partial charge in [0, 0.05) is 19.7 Å². The Bertz CT molecular complexity index is 325. The normalized spacial score (nSPS) is 25.3. The first-order valence-corrected chi connectivity index (χ1v) is 6.20. The van der Waals surface area contributed by atoms with Crippen LogP contribution in [0.1, 0.15) is 27.2 Å². The number of aliphatic hydroxyl groups is 1. The van der Waals surface area contributed by atoms with Crippen LogP contribution in [-0.4, -0.2) is 47.6 Å². The molecule has 1 amide bonds. The molecule has 1 N–H and O–H groups in total. The molecule has 0 bridgehead atoms. The molecular formula is C12H20F3NO3. The van der Waals surface area contributed by atoms with E-state index in [0.29, 0.717) is 0 Å². The number of nitrogens with zero attached hydrogens (tertiary/aromatic N) is 1. The Morgan fingerprint density at radius 1 is 1.37 bits per heavy atom. The van der Waals surface area contributed by atoms with Gasteiger partial charge in [-0.3, -0.25) is 0 Å². The van der Waals surface area contributed by atoms with E-state index in [1.165, 1.54) is 0 Å². The van der Waals surface area contributed by atoms with Gasteiger partial charge in [0.25, 0.3) is 0 Å². The minimum absolute atomic E-state index is 0.125. The summed E-state index contributed by atoms with van der Waals surface area (Å²) in [6.45, 7) is 4.18. The van der Waals surface area contributed by atoms with Crippen molar-refractivity contribution in [1.82, 2.24) is 4.90 Å². The van der Waals surface area contributed by atoms with Gasteiger partial charge in [0.05, 0.1) is 5.92 Å². The van der Waals surface area contributed by atoms with Gasteiger partial charge in [-0.05, 0) is 33.1 Å². The van der Waals surface area contributed by atoms with E-state index in [4.69, 9.17) is 9.84 Å². The number of hydrogen-bond acceptors (Lipinski definition) is 3. The van der Waals surface area contributed by atoms with E-state index in [1.54, 1.807) is 20.8 Å². The molecule has 1 fully saturated rings. The number of rotatable bonds is 1. The van der Waals surface area contributed by atoms with E-state index < -0.39 is 42.9 Å². The predicted molar refractivity (Wildman–Crippen MR) is 62.5 cm³/mol. The molecule has 1 saturated heterocycles. The lowest BCUT2D eigenvalue weighted by atomic mass is 9.86. The van der Waals surface area contributed by atoms with Crippen molar-refractivity contribution < 1.29 is 27.8 Å². The molecule has 0 spiro atoms. The van der Waals surface area contributed by atoms with Crippen molar-refractivity contribution in [2.75, 3.05) is 19.7 Å². The van der Waals surface area contributed by atoms with Gasteiger partial charge in [0.15, 0.2) is 0 Å². The minimum Gasteiger partial charge on any atom is -0.444 e. The maximum absolute atomic E-state index is 12.9. The van der Waals surface area contributed by atoms with Crippen LogP contribution in [0.25, 0.3) is 0 Å². The summed E-state index contributed by atoms with van der Waals surface area (Å²) < 4.78 is 43.7. The standard InChI is InChI=1S/C12H20F3NO3/c1-11(2,3)19-10(18)16-5-4-8(7-17)9(6-16)12(13,14)15/h8-9,17H,4-7H2,1-3H3. The summed E-state index contributed by atoms with van der Waals surface area (Å²) in [5.74, 6) is -2.54. The van der Waals surface area contributed by atoms with E-state index in [9.17, 15) is 18.0 Å². The Morgan fingerprint density at radius 3 is 2.37 bits per heavy atom. The first-order valence-electron chi connectivity index (χ1n) is 6.20. The average molecular weight is 283 g/mol. The molecule has 2 atom stereocenters. The molecule has 112 valence electrons. The highest BCUT2D eigenvalue weighted by atomic mass is 19.4. The summed E-state index contributed by atoms with van der Waals surface area (Å²) in [6, 6.07) is 0. The van der Waals surface area contributed by atoms with Crippen LogP contribution < -0.4 is 0 Å². The topological polar surface area (TPSA) is 49.8 Å². The number of ether oxygens (including phenoxy) is 1. The summed E-state index contributed by atoms with van der Waals surface area (Å²) in [6.07, 6.45) is -5.04. The van der Waals surface area contributed by atoms with Crippen molar-refractivity contribution in [2.45, 2.75) is 39.0 Å². The Balaban J connectivity index is 2.72. The number of halogens is 3. The highest BCUT2D eigenvalue weighted by molar-refractivity contribution is 5.68. The minimum atomic E-state index is -4.42. The van der Waals surface area contributed by atoms with E-state index in [2.05, 4.69) is 0 Å². The molecule has 1 aliphatic heterocycles. The first kappa shape index (κ1) is 16.1. The third-order valence-electron chi connectivity index (χ3n) is 3.06.